The highest BCUT2D eigenvalue weighted by atomic mass is 19.1. The molecule has 5 heteroatoms. The number of hydrogen-bond donors (Lipinski definition) is 1. The van der Waals surface area contributed by atoms with E-state index in [4.69, 9.17) is 0 Å². The van der Waals surface area contributed by atoms with Gasteiger partial charge in [0.25, 0.3) is 0 Å². The van der Waals surface area contributed by atoms with Gasteiger partial charge in [-0.15, -0.1) is 5.10 Å². The first kappa shape index (κ1) is 14.6. The zero-order chi connectivity index (χ0) is 15.6. The molecule has 2 fully saturated rings. The van der Waals surface area contributed by atoms with Crippen molar-refractivity contribution in [1.29, 1.82) is 0 Å². The van der Waals surface area contributed by atoms with Gasteiger partial charge in [-0.25, -0.2) is 4.39 Å². The van der Waals surface area contributed by atoms with Crippen LogP contribution in [0.15, 0.2) is 42.6 Å². The fraction of sp³-hybridized carbons (Fsp3) is 0.444. The van der Waals surface area contributed by atoms with Crippen molar-refractivity contribution < 1.29 is 4.39 Å². The smallest absolute Gasteiger partial charge is 0.148 e. The van der Waals surface area contributed by atoms with Crippen molar-refractivity contribution in [3.05, 3.63) is 54.0 Å². The lowest BCUT2D eigenvalue weighted by Gasteiger charge is -2.19. The molecule has 1 saturated carbocycles. The third kappa shape index (κ3) is 3.34. The van der Waals surface area contributed by atoms with Crippen molar-refractivity contribution in [1.82, 2.24) is 15.1 Å². The van der Waals surface area contributed by atoms with Crippen LogP contribution in [0, 0.1) is 17.7 Å². The van der Waals surface area contributed by atoms with Crippen LogP contribution in [0.4, 0.5) is 10.2 Å². The van der Waals surface area contributed by atoms with Gasteiger partial charge < -0.3 is 5.32 Å². The summed E-state index contributed by atoms with van der Waals surface area (Å²) in [6.45, 7) is 3.21. The molecule has 2 heterocycles. The molecule has 1 aromatic heterocycles. The highest BCUT2D eigenvalue weighted by molar-refractivity contribution is 5.33. The Balaban J connectivity index is 1.30. The molecule has 23 heavy (non-hydrogen) atoms. The quantitative estimate of drug-likeness (QED) is 0.942. The Morgan fingerprint density at radius 3 is 2.48 bits per heavy atom. The van der Waals surface area contributed by atoms with Gasteiger partial charge in [-0.3, -0.25) is 4.90 Å². The molecule has 0 bridgehead atoms. The molecule has 0 amide bonds. The van der Waals surface area contributed by atoms with Crippen molar-refractivity contribution in [3.63, 3.8) is 0 Å². The first-order valence-electron chi connectivity index (χ1n) is 8.27. The summed E-state index contributed by atoms with van der Waals surface area (Å²) in [6.07, 6.45) is 4.09. The molecule has 1 saturated heterocycles. The van der Waals surface area contributed by atoms with Crippen LogP contribution in [-0.2, 0) is 6.54 Å². The average Bonchev–Trinajstić information content (AvgIpc) is 3.08. The summed E-state index contributed by atoms with van der Waals surface area (Å²) in [7, 11) is 0. The number of fused-ring (bicyclic) bond motifs is 1. The maximum Gasteiger partial charge on any atom is 0.148 e. The van der Waals surface area contributed by atoms with E-state index in [0.717, 1.165) is 37.3 Å². The first-order valence-corrected chi connectivity index (χ1v) is 8.27. The van der Waals surface area contributed by atoms with Crippen LogP contribution in [0.2, 0.25) is 0 Å². The summed E-state index contributed by atoms with van der Waals surface area (Å²) in [6, 6.07) is 11.3. The monoisotopic (exact) mass is 312 g/mol. The lowest BCUT2D eigenvalue weighted by molar-refractivity contribution is 0.301. The van der Waals surface area contributed by atoms with Gasteiger partial charge in [0.1, 0.15) is 11.6 Å². The number of likely N-dealkylation sites (tertiary alicyclic amines) is 1. The van der Waals surface area contributed by atoms with Gasteiger partial charge in [0.2, 0.25) is 0 Å². The van der Waals surface area contributed by atoms with E-state index in [1.165, 1.54) is 18.4 Å². The number of aromatic nitrogens is 2. The second kappa shape index (κ2) is 6.24. The van der Waals surface area contributed by atoms with E-state index in [2.05, 4.69) is 20.4 Å². The summed E-state index contributed by atoms with van der Waals surface area (Å²) >= 11 is 0. The van der Waals surface area contributed by atoms with E-state index in [0.29, 0.717) is 6.04 Å². The summed E-state index contributed by atoms with van der Waals surface area (Å²) in [4.78, 5) is 2.50. The summed E-state index contributed by atoms with van der Waals surface area (Å²) in [5.74, 6) is 2.22. The molecule has 3 atom stereocenters. The zero-order valence-electron chi connectivity index (χ0n) is 13.0. The molecule has 1 N–H and O–H groups in total. The molecule has 1 aliphatic heterocycles. The Labute approximate surface area is 135 Å². The number of nitrogens with one attached hydrogen (secondary N) is 1. The number of halogens is 1. The van der Waals surface area contributed by atoms with E-state index in [1.54, 1.807) is 18.3 Å². The molecule has 120 valence electrons. The molecule has 2 aromatic rings. The summed E-state index contributed by atoms with van der Waals surface area (Å²) in [5.41, 5.74) is 1.20. The summed E-state index contributed by atoms with van der Waals surface area (Å²) < 4.78 is 13.0. The van der Waals surface area contributed by atoms with Gasteiger partial charge in [0.15, 0.2) is 0 Å². The van der Waals surface area contributed by atoms with Crippen LogP contribution in [-0.4, -0.2) is 34.2 Å². The molecular weight excluding hydrogens is 291 g/mol. The SMILES string of the molecule is Fc1ccc(CN2C[C@H]3CC(Nc4cccnn4)C[C@H]3C2)cc1. The molecule has 0 radical (unpaired) electrons. The third-order valence-electron chi connectivity index (χ3n) is 5.07. The van der Waals surface area contributed by atoms with E-state index < -0.39 is 0 Å². The van der Waals surface area contributed by atoms with Gasteiger partial charge in [0.05, 0.1) is 0 Å². The molecular formula is C18H21FN4. The van der Waals surface area contributed by atoms with Crippen LogP contribution in [0.3, 0.4) is 0 Å². The normalized spacial score (nSPS) is 27.1. The van der Waals surface area contributed by atoms with Gasteiger partial charge in [-0.1, -0.05) is 12.1 Å². The standard InChI is InChI=1S/C18H21FN4/c19-16-5-3-13(4-6-16)10-23-11-14-8-17(9-15(14)12-23)21-18-2-1-7-20-22-18/h1-7,14-15,17H,8-12H2,(H,21,22)/t14-,15+,17?. The zero-order valence-corrected chi connectivity index (χ0v) is 13.0. The van der Waals surface area contributed by atoms with Crippen LogP contribution < -0.4 is 5.32 Å². The van der Waals surface area contributed by atoms with Crippen LogP contribution in [0.1, 0.15) is 18.4 Å². The minimum Gasteiger partial charge on any atom is -0.366 e. The van der Waals surface area contributed by atoms with E-state index in [1.807, 2.05) is 24.3 Å². The van der Waals surface area contributed by atoms with Gasteiger partial charge in [-0.2, -0.15) is 5.10 Å². The van der Waals surface area contributed by atoms with Crippen LogP contribution in [0.5, 0.6) is 0 Å². The van der Waals surface area contributed by atoms with E-state index in [-0.39, 0.29) is 5.82 Å². The predicted molar refractivity (Wildman–Crippen MR) is 87.3 cm³/mol. The second-order valence-corrected chi connectivity index (χ2v) is 6.76. The molecule has 1 unspecified atom stereocenters. The number of benzene rings is 1. The number of nitrogens with zero attached hydrogens (tertiary/aromatic N) is 3. The van der Waals surface area contributed by atoms with E-state index in [9.17, 15) is 4.39 Å². The number of hydrogen-bond acceptors (Lipinski definition) is 4. The van der Waals surface area contributed by atoms with Gasteiger partial charge >= 0.3 is 0 Å². The highest BCUT2D eigenvalue weighted by Gasteiger charge is 2.40. The molecule has 2 aliphatic rings. The minimum atomic E-state index is -0.162. The molecule has 4 nitrogen and oxygen atoms in total. The Morgan fingerprint density at radius 1 is 1.09 bits per heavy atom. The lowest BCUT2D eigenvalue weighted by Crippen LogP contribution is -2.25. The average molecular weight is 312 g/mol. The molecule has 0 spiro atoms. The second-order valence-electron chi connectivity index (χ2n) is 6.76. The fourth-order valence-electron chi connectivity index (χ4n) is 4.08. The fourth-order valence-corrected chi connectivity index (χ4v) is 4.08. The minimum absolute atomic E-state index is 0.162. The largest absolute Gasteiger partial charge is 0.366 e. The van der Waals surface area contributed by atoms with Crippen molar-refractivity contribution in [2.24, 2.45) is 11.8 Å². The maximum absolute atomic E-state index is 13.0. The Hall–Kier alpha value is -2.01. The Morgan fingerprint density at radius 2 is 1.83 bits per heavy atom. The maximum atomic E-state index is 13.0. The van der Waals surface area contributed by atoms with Crippen molar-refractivity contribution in [2.45, 2.75) is 25.4 Å². The Bertz CT molecular complexity index is 632. The van der Waals surface area contributed by atoms with Crippen LogP contribution in [0.25, 0.3) is 0 Å². The van der Waals surface area contributed by atoms with Crippen molar-refractivity contribution >= 4 is 5.82 Å². The number of anilines is 1. The third-order valence-corrected chi connectivity index (χ3v) is 5.07. The van der Waals surface area contributed by atoms with E-state index >= 15 is 0 Å². The van der Waals surface area contributed by atoms with Gasteiger partial charge in [-0.05, 0) is 54.5 Å². The topological polar surface area (TPSA) is 41.0 Å². The number of rotatable bonds is 4. The molecule has 1 aromatic carbocycles. The Kier molecular flexibility index (Phi) is 3.95. The van der Waals surface area contributed by atoms with Crippen molar-refractivity contribution in [2.75, 3.05) is 18.4 Å². The first-order chi connectivity index (χ1) is 11.3. The van der Waals surface area contributed by atoms with Gasteiger partial charge in [0, 0.05) is 31.9 Å². The lowest BCUT2D eigenvalue weighted by atomic mass is 10.0. The highest BCUT2D eigenvalue weighted by Crippen LogP contribution is 2.39. The molecule has 1 aliphatic carbocycles. The summed E-state index contributed by atoms with van der Waals surface area (Å²) in [5, 5.41) is 11.5. The van der Waals surface area contributed by atoms with Crippen LogP contribution >= 0.6 is 0 Å². The van der Waals surface area contributed by atoms with Crippen molar-refractivity contribution in [3.8, 4) is 0 Å². The molecule has 4 rings (SSSR count). The predicted octanol–water partition coefficient (Wildman–Crippen LogP) is 2.94.